The van der Waals surface area contributed by atoms with Gasteiger partial charge in [0.15, 0.2) is 5.75 Å². The summed E-state index contributed by atoms with van der Waals surface area (Å²) in [6.07, 6.45) is 0.143. The Hall–Kier alpha value is -2.81. The number of carbonyl (C=O) groups excluding carboxylic acids is 2. The van der Waals surface area contributed by atoms with Gasteiger partial charge in [-0.05, 0) is 36.8 Å². The van der Waals surface area contributed by atoms with Crippen molar-refractivity contribution >= 4 is 34.9 Å². The van der Waals surface area contributed by atoms with Crippen molar-refractivity contribution in [3.8, 4) is 11.5 Å². The number of aliphatic hydroxyl groups excluding tert-OH is 1. The van der Waals surface area contributed by atoms with Crippen LogP contribution in [0.5, 0.6) is 11.5 Å². The van der Waals surface area contributed by atoms with Crippen LogP contribution in [-0.2, 0) is 16.0 Å². The fraction of sp³-hybridized carbons (Fsp3) is 0.417. The molecule has 1 atom stereocenters. The molecule has 0 spiro atoms. The molecule has 1 amide bonds. The van der Waals surface area contributed by atoms with Crippen molar-refractivity contribution in [2.24, 2.45) is 0 Å². The molecular formula is C24H28ClN3O5. The van der Waals surface area contributed by atoms with Crippen LogP contribution in [0.15, 0.2) is 36.4 Å². The molecule has 2 aromatic carbocycles. The number of carbonyl (C=O) groups is 2. The fourth-order valence-corrected chi connectivity index (χ4v) is 4.39. The van der Waals surface area contributed by atoms with Gasteiger partial charge in [-0.15, -0.1) is 0 Å². The van der Waals surface area contributed by atoms with E-state index in [1.165, 1.54) is 6.92 Å². The summed E-state index contributed by atoms with van der Waals surface area (Å²) >= 11 is 6.10. The SMILES string of the molecule is CC(=O)Oc1ccc(OCC(O)CN2CCN(c3cccc(Cl)c3)CC2)c2c1NC(=O)CC2. The molecule has 1 fully saturated rings. The molecule has 2 heterocycles. The zero-order valence-corrected chi connectivity index (χ0v) is 19.3. The molecule has 0 radical (unpaired) electrons. The first-order valence-corrected chi connectivity index (χ1v) is 11.4. The summed E-state index contributed by atoms with van der Waals surface area (Å²) in [6.45, 7) is 5.34. The average Bonchev–Trinajstić information content (AvgIpc) is 2.79. The topological polar surface area (TPSA) is 91.3 Å². The normalized spacial score (nSPS) is 17.2. The maximum Gasteiger partial charge on any atom is 0.308 e. The molecule has 2 aromatic rings. The lowest BCUT2D eigenvalue weighted by Gasteiger charge is -2.37. The van der Waals surface area contributed by atoms with E-state index in [0.717, 1.165) is 42.5 Å². The second kappa shape index (κ2) is 10.4. The number of ether oxygens (including phenoxy) is 2. The summed E-state index contributed by atoms with van der Waals surface area (Å²) in [6, 6.07) is 11.2. The van der Waals surface area contributed by atoms with E-state index < -0.39 is 12.1 Å². The number of piperazine rings is 1. The van der Waals surface area contributed by atoms with Crippen molar-refractivity contribution in [2.75, 3.05) is 49.5 Å². The van der Waals surface area contributed by atoms with Crippen molar-refractivity contribution in [2.45, 2.75) is 25.9 Å². The van der Waals surface area contributed by atoms with Crippen LogP contribution in [0.2, 0.25) is 5.02 Å². The van der Waals surface area contributed by atoms with E-state index in [2.05, 4.69) is 21.2 Å². The number of nitrogens with one attached hydrogen (secondary N) is 1. The number of rotatable bonds is 7. The lowest BCUT2D eigenvalue weighted by atomic mass is 10.0. The maximum atomic E-state index is 11.8. The average molecular weight is 474 g/mol. The lowest BCUT2D eigenvalue weighted by molar-refractivity contribution is -0.132. The summed E-state index contributed by atoms with van der Waals surface area (Å²) < 4.78 is 11.1. The van der Waals surface area contributed by atoms with Gasteiger partial charge in [-0.2, -0.15) is 0 Å². The van der Waals surface area contributed by atoms with E-state index in [-0.39, 0.29) is 12.5 Å². The summed E-state index contributed by atoms with van der Waals surface area (Å²) in [5, 5.41) is 14.1. The predicted molar refractivity (Wildman–Crippen MR) is 126 cm³/mol. The number of aliphatic hydroxyl groups is 1. The molecule has 176 valence electrons. The van der Waals surface area contributed by atoms with Crippen LogP contribution in [0.4, 0.5) is 11.4 Å². The zero-order chi connectivity index (χ0) is 23.4. The van der Waals surface area contributed by atoms with Crippen molar-refractivity contribution < 1.29 is 24.2 Å². The largest absolute Gasteiger partial charge is 0.490 e. The van der Waals surface area contributed by atoms with E-state index in [1.807, 2.05) is 18.2 Å². The minimum Gasteiger partial charge on any atom is -0.490 e. The smallest absolute Gasteiger partial charge is 0.308 e. The summed E-state index contributed by atoms with van der Waals surface area (Å²) in [5.74, 6) is 0.281. The molecule has 2 N–H and O–H groups in total. The monoisotopic (exact) mass is 473 g/mol. The Bertz CT molecular complexity index is 1020. The molecule has 1 unspecified atom stereocenters. The van der Waals surface area contributed by atoms with Crippen LogP contribution in [0, 0.1) is 0 Å². The minimum absolute atomic E-state index is 0.127. The Morgan fingerprint density at radius 1 is 1.15 bits per heavy atom. The number of fused-ring (bicyclic) bond motifs is 1. The first-order valence-electron chi connectivity index (χ1n) is 11.1. The standard InChI is InChI=1S/C24H28ClN3O5/c1-16(29)33-22-7-6-21(20-5-8-23(31)26-24(20)22)32-15-19(30)14-27-9-11-28(12-10-27)18-4-2-3-17(25)13-18/h2-4,6-7,13,19,30H,5,8-12,14-15H2,1H3,(H,26,31). The van der Waals surface area contributed by atoms with E-state index in [9.17, 15) is 14.7 Å². The van der Waals surface area contributed by atoms with Crippen LogP contribution < -0.4 is 19.7 Å². The fourth-order valence-electron chi connectivity index (χ4n) is 4.21. The summed E-state index contributed by atoms with van der Waals surface area (Å²) in [4.78, 5) is 27.7. The first kappa shape index (κ1) is 23.4. The zero-order valence-electron chi connectivity index (χ0n) is 18.6. The number of benzene rings is 2. The van der Waals surface area contributed by atoms with Gasteiger partial charge < -0.3 is 24.8 Å². The summed E-state index contributed by atoms with van der Waals surface area (Å²) in [7, 11) is 0. The van der Waals surface area contributed by atoms with Gasteiger partial charge in [0.25, 0.3) is 0 Å². The lowest BCUT2D eigenvalue weighted by Crippen LogP contribution is -2.49. The number of β-amino-alcohol motifs (C(OH)–C–C–N with tert-alkyl or cyclic N) is 1. The molecule has 0 aromatic heterocycles. The molecule has 8 nitrogen and oxygen atoms in total. The van der Waals surface area contributed by atoms with E-state index >= 15 is 0 Å². The molecule has 1 saturated heterocycles. The quantitative estimate of drug-likeness (QED) is 0.472. The highest BCUT2D eigenvalue weighted by molar-refractivity contribution is 6.30. The van der Waals surface area contributed by atoms with Crippen LogP contribution >= 0.6 is 11.6 Å². The van der Waals surface area contributed by atoms with Gasteiger partial charge in [0.2, 0.25) is 5.91 Å². The minimum atomic E-state index is -0.662. The third kappa shape index (κ3) is 5.96. The molecule has 33 heavy (non-hydrogen) atoms. The van der Waals surface area contributed by atoms with Gasteiger partial charge in [0.1, 0.15) is 18.5 Å². The Kier molecular flexibility index (Phi) is 7.37. The van der Waals surface area contributed by atoms with Gasteiger partial charge in [-0.25, -0.2) is 0 Å². The second-order valence-corrected chi connectivity index (χ2v) is 8.73. The Balaban J connectivity index is 1.31. The molecule has 0 bridgehead atoms. The Labute approximate surface area is 198 Å². The van der Waals surface area contributed by atoms with Crippen molar-refractivity contribution in [1.29, 1.82) is 0 Å². The predicted octanol–water partition coefficient (Wildman–Crippen LogP) is 2.71. The summed E-state index contributed by atoms with van der Waals surface area (Å²) in [5.41, 5.74) is 2.35. The molecule has 4 rings (SSSR count). The number of halogens is 1. The van der Waals surface area contributed by atoms with Crippen LogP contribution in [0.1, 0.15) is 18.9 Å². The number of esters is 1. The maximum absolute atomic E-state index is 11.8. The van der Waals surface area contributed by atoms with Gasteiger partial charge in [0.05, 0.1) is 5.69 Å². The van der Waals surface area contributed by atoms with Gasteiger partial charge >= 0.3 is 5.97 Å². The molecule has 2 aliphatic heterocycles. The number of amides is 1. The van der Waals surface area contributed by atoms with Crippen molar-refractivity contribution in [1.82, 2.24) is 4.90 Å². The highest BCUT2D eigenvalue weighted by atomic mass is 35.5. The van der Waals surface area contributed by atoms with Crippen molar-refractivity contribution in [3.63, 3.8) is 0 Å². The van der Waals surface area contributed by atoms with E-state index in [4.69, 9.17) is 21.1 Å². The molecule has 0 saturated carbocycles. The Morgan fingerprint density at radius 3 is 2.64 bits per heavy atom. The number of anilines is 2. The number of nitrogens with zero attached hydrogens (tertiary/aromatic N) is 2. The molecule has 9 heteroatoms. The van der Waals surface area contributed by atoms with Gasteiger partial charge in [-0.1, -0.05) is 17.7 Å². The second-order valence-electron chi connectivity index (χ2n) is 8.29. The van der Waals surface area contributed by atoms with E-state index in [0.29, 0.717) is 36.6 Å². The Morgan fingerprint density at radius 2 is 1.91 bits per heavy atom. The van der Waals surface area contributed by atoms with E-state index in [1.54, 1.807) is 12.1 Å². The highest BCUT2D eigenvalue weighted by Crippen LogP contribution is 2.39. The molecule has 0 aliphatic carbocycles. The van der Waals surface area contributed by atoms with Gasteiger partial charge in [-0.3, -0.25) is 14.5 Å². The third-order valence-electron chi connectivity index (χ3n) is 5.80. The highest BCUT2D eigenvalue weighted by Gasteiger charge is 2.25. The van der Waals surface area contributed by atoms with Crippen molar-refractivity contribution in [3.05, 3.63) is 47.0 Å². The third-order valence-corrected chi connectivity index (χ3v) is 6.03. The van der Waals surface area contributed by atoms with Crippen LogP contribution in [-0.4, -0.2) is 67.3 Å². The molecular weight excluding hydrogens is 446 g/mol. The number of hydrogen-bond acceptors (Lipinski definition) is 7. The van der Waals surface area contributed by atoms with Crippen LogP contribution in [0.3, 0.4) is 0 Å². The van der Waals surface area contributed by atoms with Gasteiger partial charge in [0, 0.05) is 62.3 Å². The van der Waals surface area contributed by atoms with Crippen LogP contribution in [0.25, 0.3) is 0 Å². The first-order chi connectivity index (χ1) is 15.9. The molecule has 2 aliphatic rings. The number of hydrogen-bond donors (Lipinski definition) is 2.